The first-order chi connectivity index (χ1) is 13.3. The molecule has 0 bridgehead atoms. The molecule has 0 aliphatic carbocycles. The number of hydrogen-bond donors (Lipinski definition) is 1. The van der Waals surface area contributed by atoms with Gasteiger partial charge in [0, 0.05) is 24.3 Å². The fourth-order valence-electron chi connectivity index (χ4n) is 3.35. The molecule has 0 radical (unpaired) electrons. The predicted octanol–water partition coefficient (Wildman–Crippen LogP) is 2.98. The molecule has 0 amide bonds. The van der Waals surface area contributed by atoms with Crippen molar-refractivity contribution in [2.75, 3.05) is 20.8 Å². The van der Waals surface area contributed by atoms with Crippen LogP contribution in [0.5, 0.6) is 17.2 Å². The zero-order valence-electron chi connectivity index (χ0n) is 15.5. The predicted molar refractivity (Wildman–Crippen MR) is 103 cm³/mol. The minimum absolute atomic E-state index is 0.249. The van der Waals surface area contributed by atoms with Gasteiger partial charge in [-0.15, -0.1) is 0 Å². The maximum atomic E-state index is 5.93. The largest absolute Gasteiger partial charge is 0.494 e. The number of benzene rings is 2. The molecule has 0 saturated heterocycles. The summed E-state index contributed by atoms with van der Waals surface area (Å²) in [6.45, 7) is 1.34. The van der Waals surface area contributed by atoms with Gasteiger partial charge in [-0.05, 0) is 30.2 Å². The van der Waals surface area contributed by atoms with Crippen LogP contribution in [0.15, 0.2) is 54.9 Å². The van der Waals surface area contributed by atoms with Crippen LogP contribution in [0.3, 0.4) is 0 Å². The van der Waals surface area contributed by atoms with E-state index in [1.54, 1.807) is 14.2 Å². The number of nitrogens with zero attached hydrogens (tertiary/aromatic N) is 2. The van der Waals surface area contributed by atoms with Crippen molar-refractivity contribution in [1.82, 2.24) is 15.1 Å². The van der Waals surface area contributed by atoms with E-state index in [1.807, 2.05) is 53.5 Å². The van der Waals surface area contributed by atoms with E-state index in [0.29, 0.717) is 6.61 Å². The zero-order valence-corrected chi connectivity index (χ0v) is 15.5. The van der Waals surface area contributed by atoms with Crippen LogP contribution in [0.25, 0.3) is 5.69 Å². The number of ether oxygens (including phenoxy) is 3. The topological polar surface area (TPSA) is 57.5 Å². The van der Waals surface area contributed by atoms with Crippen LogP contribution < -0.4 is 19.5 Å². The molecule has 27 heavy (non-hydrogen) atoms. The molecule has 140 valence electrons. The van der Waals surface area contributed by atoms with E-state index < -0.39 is 0 Å². The van der Waals surface area contributed by atoms with E-state index in [-0.39, 0.29) is 6.04 Å². The van der Waals surface area contributed by atoms with Crippen LogP contribution in [-0.2, 0) is 13.0 Å². The Morgan fingerprint density at radius 3 is 2.78 bits per heavy atom. The minimum Gasteiger partial charge on any atom is -0.494 e. The first kappa shape index (κ1) is 17.4. The molecule has 0 saturated carbocycles. The third kappa shape index (κ3) is 3.61. The van der Waals surface area contributed by atoms with Crippen molar-refractivity contribution in [2.24, 2.45) is 0 Å². The Morgan fingerprint density at radius 2 is 1.93 bits per heavy atom. The van der Waals surface area contributed by atoms with E-state index in [9.17, 15) is 0 Å². The fourth-order valence-corrected chi connectivity index (χ4v) is 3.35. The summed E-state index contributed by atoms with van der Waals surface area (Å²) in [6, 6.07) is 14.1. The van der Waals surface area contributed by atoms with Gasteiger partial charge >= 0.3 is 0 Å². The Kier molecular flexibility index (Phi) is 4.98. The molecular weight excluding hydrogens is 342 g/mol. The van der Waals surface area contributed by atoms with E-state index in [1.165, 1.54) is 5.56 Å². The van der Waals surface area contributed by atoms with Gasteiger partial charge in [0.05, 0.1) is 20.4 Å². The Hall–Kier alpha value is -2.99. The molecule has 1 atom stereocenters. The average Bonchev–Trinajstić information content (AvgIpc) is 3.20. The quantitative estimate of drug-likeness (QED) is 0.728. The smallest absolute Gasteiger partial charge is 0.164 e. The van der Waals surface area contributed by atoms with Gasteiger partial charge in [-0.1, -0.05) is 24.3 Å². The molecule has 1 aromatic heterocycles. The number of nitrogens with one attached hydrogen (secondary N) is 1. The third-order valence-electron chi connectivity index (χ3n) is 4.74. The summed E-state index contributed by atoms with van der Waals surface area (Å²) in [6.07, 6.45) is 4.80. The molecule has 1 N–H and O–H groups in total. The SMILES string of the molecule is COc1ccccc1-n1cc(CN[C@@H]2COc3c(cccc3OC)C2)cn1. The van der Waals surface area contributed by atoms with Crippen LogP contribution in [-0.4, -0.2) is 36.6 Å². The van der Waals surface area contributed by atoms with E-state index in [4.69, 9.17) is 14.2 Å². The molecule has 3 aromatic rings. The standard InChI is InChI=1S/C21H23N3O3/c1-25-19-8-4-3-7-18(19)24-13-15(12-23-24)11-22-17-10-16-6-5-9-20(26-2)21(16)27-14-17/h3-9,12-13,17,22H,10-11,14H2,1-2H3/t17-/m0/s1. The molecule has 0 fully saturated rings. The number of fused-ring (bicyclic) bond motifs is 1. The molecule has 4 rings (SSSR count). The highest BCUT2D eigenvalue weighted by Gasteiger charge is 2.22. The first-order valence-electron chi connectivity index (χ1n) is 8.97. The van der Waals surface area contributed by atoms with E-state index in [2.05, 4.69) is 16.5 Å². The average molecular weight is 365 g/mol. The van der Waals surface area contributed by atoms with Crippen LogP contribution in [0, 0.1) is 0 Å². The first-order valence-corrected chi connectivity index (χ1v) is 8.97. The molecule has 2 aromatic carbocycles. The number of para-hydroxylation sites is 3. The van der Waals surface area contributed by atoms with Crippen LogP contribution in [0.4, 0.5) is 0 Å². The van der Waals surface area contributed by atoms with Gasteiger partial charge in [-0.25, -0.2) is 4.68 Å². The minimum atomic E-state index is 0.249. The van der Waals surface area contributed by atoms with Crippen molar-refractivity contribution >= 4 is 0 Å². The molecular formula is C21H23N3O3. The van der Waals surface area contributed by atoms with Crippen molar-refractivity contribution in [3.8, 4) is 22.9 Å². The summed E-state index contributed by atoms with van der Waals surface area (Å²) < 4.78 is 18.6. The van der Waals surface area contributed by atoms with Crippen LogP contribution >= 0.6 is 0 Å². The second kappa shape index (κ2) is 7.72. The zero-order chi connectivity index (χ0) is 18.6. The number of methoxy groups -OCH3 is 2. The molecule has 6 heteroatoms. The second-order valence-corrected chi connectivity index (χ2v) is 6.51. The summed E-state index contributed by atoms with van der Waals surface area (Å²) in [5.41, 5.74) is 3.20. The Morgan fingerprint density at radius 1 is 1.11 bits per heavy atom. The lowest BCUT2D eigenvalue weighted by atomic mass is 10.0. The van der Waals surface area contributed by atoms with Crippen molar-refractivity contribution in [3.63, 3.8) is 0 Å². The Balaban J connectivity index is 1.41. The summed E-state index contributed by atoms with van der Waals surface area (Å²) in [5, 5.41) is 8.03. The van der Waals surface area contributed by atoms with Gasteiger partial charge < -0.3 is 19.5 Å². The van der Waals surface area contributed by atoms with Gasteiger partial charge in [0.25, 0.3) is 0 Å². The molecule has 0 unspecified atom stereocenters. The van der Waals surface area contributed by atoms with Gasteiger partial charge in [0.2, 0.25) is 0 Å². The summed E-state index contributed by atoms with van der Waals surface area (Å²) in [7, 11) is 3.34. The van der Waals surface area contributed by atoms with Crippen molar-refractivity contribution < 1.29 is 14.2 Å². The molecule has 6 nitrogen and oxygen atoms in total. The summed E-state index contributed by atoms with van der Waals surface area (Å²) in [5.74, 6) is 2.46. The normalized spacial score (nSPS) is 15.7. The molecule has 1 aliphatic heterocycles. The lowest BCUT2D eigenvalue weighted by molar-refractivity contribution is 0.226. The van der Waals surface area contributed by atoms with E-state index >= 15 is 0 Å². The monoisotopic (exact) mass is 365 g/mol. The van der Waals surface area contributed by atoms with Gasteiger partial charge in [0.1, 0.15) is 18.0 Å². The van der Waals surface area contributed by atoms with Crippen molar-refractivity contribution in [3.05, 3.63) is 66.0 Å². The fraction of sp³-hybridized carbons (Fsp3) is 0.286. The lowest BCUT2D eigenvalue weighted by Gasteiger charge is -2.27. The van der Waals surface area contributed by atoms with E-state index in [0.717, 1.165) is 41.5 Å². The van der Waals surface area contributed by atoms with Crippen molar-refractivity contribution in [2.45, 2.75) is 19.0 Å². The molecule has 0 spiro atoms. The Labute approximate surface area is 158 Å². The summed E-state index contributed by atoms with van der Waals surface area (Å²) in [4.78, 5) is 0. The van der Waals surface area contributed by atoms with Crippen LogP contribution in [0.2, 0.25) is 0 Å². The maximum Gasteiger partial charge on any atom is 0.164 e. The van der Waals surface area contributed by atoms with Gasteiger partial charge in [-0.3, -0.25) is 0 Å². The Bertz CT molecular complexity index is 923. The van der Waals surface area contributed by atoms with Gasteiger partial charge in [0.15, 0.2) is 11.5 Å². The third-order valence-corrected chi connectivity index (χ3v) is 4.74. The highest BCUT2D eigenvalue weighted by atomic mass is 16.5. The highest BCUT2D eigenvalue weighted by Crippen LogP contribution is 2.34. The van der Waals surface area contributed by atoms with Crippen molar-refractivity contribution in [1.29, 1.82) is 0 Å². The molecule has 1 aliphatic rings. The lowest BCUT2D eigenvalue weighted by Crippen LogP contribution is -2.38. The number of hydrogen-bond acceptors (Lipinski definition) is 5. The maximum absolute atomic E-state index is 5.93. The molecule has 2 heterocycles. The highest BCUT2D eigenvalue weighted by molar-refractivity contribution is 5.48. The second-order valence-electron chi connectivity index (χ2n) is 6.51. The number of aromatic nitrogens is 2. The van der Waals surface area contributed by atoms with Crippen LogP contribution in [0.1, 0.15) is 11.1 Å². The van der Waals surface area contributed by atoms with Gasteiger partial charge in [-0.2, -0.15) is 5.10 Å². The summed E-state index contributed by atoms with van der Waals surface area (Å²) >= 11 is 0. The number of rotatable bonds is 6.